The van der Waals surface area contributed by atoms with Gasteiger partial charge in [0.2, 0.25) is 6.29 Å². The quantitative estimate of drug-likeness (QED) is 0.421. The van der Waals surface area contributed by atoms with E-state index in [0.29, 0.717) is 0 Å². The predicted octanol–water partition coefficient (Wildman–Crippen LogP) is -1.08. The van der Waals surface area contributed by atoms with Crippen molar-refractivity contribution in [3.8, 4) is 0 Å². The third-order valence-electron chi connectivity index (χ3n) is 3.23. The first-order chi connectivity index (χ1) is 8.03. The van der Waals surface area contributed by atoms with Crippen molar-refractivity contribution in [1.82, 2.24) is 0 Å². The highest BCUT2D eigenvalue weighted by Crippen LogP contribution is 2.43. The summed E-state index contributed by atoms with van der Waals surface area (Å²) in [6.45, 7) is -0.556. The first kappa shape index (κ1) is 12.1. The molecule has 1 heterocycles. The lowest BCUT2D eigenvalue weighted by Crippen LogP contribution is -2.48. The van der Waals surface area contributed by atoms with Gasteiger partial charge in [-0.15, -0.1) is 0 Å². The number of rotatable bonds is 2. The normalized spacial score (nSPS) is 39.3. The number of carbonyl (C=O) groups is 1. The molecule has 17 heavy (non-hydrogen) atoms. The molecule has 2 rings (SSSR count). The molecule has 0 saturated heterocycles. The van der Waals surface area contributed by atoms with Gasteiger partial charge in [-0.25, -0.2) is 4.79 Å². The van der Waals surface area contributed by atoms with Crippen molar-refractivity contribution >= 4 is 5.97 Å². The van der Waals surface area contributed by atoms with Gasteiger partial charge in [-0.1, -0.05) is 12.2 Å². The Morgan fingerprint density at radius 1 is 1.65 bits per heavy atom. The molecule has 0 bridgehead atoms. The van der Waals surface area contributed by atoms with Crippen molar-refractivity contribution in [2.24, 2.45) is 11.8 Å². The molecule has 6 nitrogen and oxygen atoms in total. The maximum atomic E-state index is 11.5. The Labute approximate surface area is 97.8 Å². The Bertz CT molecular complexity index is 387. The molecule has 2 aliphatic rings. The summed E-state index contributed by atoms with van der Waals surface area (Å²) in [7, 11) is 1.24. The summed E-state index contributed by atoms with van der Waals surface area (Å²) in [4.78, 5) is 11.5. The number of esters is 1. The minimum Gasteiger partial charge on any atom is -0.472 e. The Morgan fingerprint density at radius 2 is 2.35 bits per heavy atom. The minimum atomic E-state index is -1.59. The number of hydrogen-bond acceptors (Lipinski definition) is 6. The van der Waals surface area contributed by atoms with Crippen LogP contribution in [0.1, 0.15) is 0 Å². The van der Waals surface area contributed by atoms with Gasteiger partial charge in [0.15, 0.2) is 0 Å². The van der Waals surface area contributed by atoms with Crippen LogP contribution in [0.4, 0.5) is 0 Å². The van der Waals surface area contributed by atoms with E-state index in [4.69, 9.17) is 9.84 Å². The van der Waals surface area contributed by atoms with Gasteiger partial charge in [0, 0.05) is 5.92 Å². The second-order valence-corrected chi connectivity index (χ2v) is 4.15. The smallest absolute Gasteiger partial charge is 0.337 e. The molecule has 0 aromatic rings. The highest BCUT2D eigenvalue weighted by atomic mass is 16.6. The molecule has 1 aliphatic heterocycles. The van der Waals surface area contributed by atoms with Crippen molar-refractivity contribution in [1.29, 1.82) is 0 Å². The topological polar surface area (TPSA) is 96.2 Å². The second-order valence-electron chi connectivity index (χ2n) is 4.15. The molecule has 6 heteroatoms. The number of fused-ring (bicyclic) bond motifs is 1. The highest BCUT2D eigenvalue weighted by molar-refractivity contribution is 5.89. The summed E-state index contributed by atoms with van der Waals surface area (Å²) in [5.41, 5.74) is -1.37. The monoisotopic (exact) mass is 242 g/mol. The number of aliphatic hydroxyl groups excluding tert-OH is 2. The Balaban J connectivity index is 2.34. The van der Waals surface area contributed by atoms with Crippen LogP contribution in [-0.2, 0) is 14.3 Å². The molecule has 0 aromatic carbocycles. The molecule has 1 aliphatic carbocycles. The number of methoxy groups -OCH3 is 1. The van der Waals surface area contributed by atoms with Gasteiger partial charge in [-0.3, -0.25) is 0 Å². The van der Waals surface area contributed by atoms with Crippen LogP contribution >= 0.6 is 0 Å². The first-order valence-corrected chi connectivity index (χ1v) is 5.18. The first-order valence-electron chi connectivity index (χ1n) is 5.18. The zero-order chi connectivity index (χ0) is 12.6. The molecule has 94 valence electrons. The fraction of sp³-hybridized carbons (Fsp3) is 0.545. The molecule has 0 radical (unpaired) electrons. The van der Waals surface area contributed by atoms with Crippen molar-refractivity contribution < 1.29 is 29.6 Å². The van der Waals surface area contributed by atoms with Gasteiger partial charge in [0.1, 0.15) is 5.60 Å². The number of carbonyl (C=O) groups excluding carboxylic acids is 1. The average molecular weight is 242 g/mol. The van der Waals surface area contributed by atoms with E-state index in [1.54, 1.807) is 6.08 Å². The van der Waals surface area contributed by atoms with Gasteiger partial charge in [0.05, 0.1) is 31.5 Å². The summed E-state index contributed by atoms with van der Waals surface area (Å²) in [6.07, 6.45) is 2.79. The van der Waals surface area contributed by atoms with Crippen molar-refractivity contribution in [3.05, 3.63) is 24.0 Å². The van der Waals surface area contributed by atoms with E-state index in [0.717, 1.165) is 6.26 Å². The fourth-order valence-electron chi connectivity index (χ4n) is 2.30. The Hall–Kier alpha value is -1.37. The van der Waals surface area contributed by atoms with Crippen LogP contribution < -0.4 is 0 Å². The third-order valence-corrected chi connectivity index (χ3v) is 3.23. The van der Waals surface area contributed by atoms with Crippen molar-refractivity contribution in [3.63, 3.8) is 0 Å². The summed E-state index contributed by atoms with van der Waals surface area (Å²) in [6, 6.07) is 0. The van der Waals surface area contributed by atoms with E-state index in [9.17, 15) is 15.0 Å². The Kier molecular flexibility index (Phi) is 2.94. The SMILES string of the molecule is COC(=O)C1=CO[C@@H](O)[C@H]2[C@@H]1C=C[C@]2(O)CO. The van der Waals surface area contributed by atoms with Gasteiger partial charge >= 0.3 is 5.97 Å². The van der Waals surface area contributed by atoms with Crippen LogP contribution in [0.15, 0.2) is 24.0 Å². The molecule has 4 atom stereocenters. The number of aliphatic hydroxyl groups is 3. The van der Waals surface area contributed by atoms with E-state index >= 15 is 0 Å². The van der Waals surface area contributed by atoms with Crippen LogP contribution in [0.3, 0.4) is 0 Å². The summed E-state index contributed by atoms with van der Waals surface area (Å²) in [5, 5.41) is 28.9. The van der Waals surface area contributed by atoms with Crippen molar-refractivity contribution in [2.45, 2.75) is 11.9 Å². The molecule has 0 saturated carbocycles. The van der Waals surface area contributed by atoms with E-state index in [-0.39, 0.29) is 5.57 Å². The number of ether oxygens (including phenoxy) is 2. The molecule has 0 fully saturated rings. The lowest BCUT2D eigenvalue weighted by atomic mass is 9.79. The molecule has 0 unspecified atom stereocenters. The van der Waals surface area contributed by atoms with E-state index in [1.807, 2.05) is 0 Å². The second kappa shape index (κ2) is 4.14. The van der Waals surface area contributed by atoms with Crippen LogP contribution in [0.5, 0.6) is 0 Å². The van der Waals surface area contributed by atoms with Crippen molar-refractivity contribution in [2.75, 3.05) is 13.7 Å². The van der Waals surface area contributed by atoms with Crippen LogP contribution in [0.2, 0.25) is 0 Å². The lowest BCUT2D eigenvalue weighted by Gasteiger charge is -2.37. The highest BCUT2D eigenvalue weighted by Gasteiger charge is 2.52. The number of allylic oxidation sites excluding steroid dienone is 1. The summed E-state index contributed by atoms with van der Waals surface area (Å²) >= 11 is 0. The van der Waals surface area contributed by atoms with E-state index in [1.165, 1.54) is 13.2 Å². The molecule has 0 amide bonds. The fourth-order valence-corrected chi connectivity index (χ4v) is 2.30. The van der Waals surface area contributed by atoms with Crippen LogP contribution in [0, 0.1) is 11.8 Å². The summed E-state index contributed by atoms with van der Waals surface area (Å²) in [5.74, 6) is -1.92. The van der Waals surface area contributed by atoms with Gasteiger partial charge in [-0.2, -0.15) is 0 Å². The third kappa shape index (κ3) is 1.74. The zero-order valence-electron chi connectivity index (χ0n) is 9.24. The molecular weight excluding hydrogens is 228 g/mol. The van der Waals surface area contributed by atoms with Crippen LogP contribution in [0.25, 0.3) is 0 Å². The predicted molar refractivity (Wildman–Crippen MR) is 55.3 cm³/mol. The zero-order valence-corrected chi connectivity index (χ0v) is 9.24. The van der Waals surface area contributed by atoms with E-state index in [2.05, 4.69) is 4.74 Å². The van der Waals surface area contributed by atoms with Gasteiger partial charge in [-0.05, 0) is 0 Å². The standard InChI is InChI=1S/C11H14O6/c1-16-9(13)7-4-17-10(14)8-6(7)2-3-11(8,15)5-12/h2-4,6,8,10,12,14-15H,5H2,1H3/t6-,8-,10-,11+/m1/s1. The largest absolute Gasteiger partial charge is 0.472 e. The lowest BCUT2D eigenvalue weighted by molar-refractivity contribution is -0.171. The van der Waals surface area contributed by atoms with E-state index < -0.39 is 36.3 Å². The van der Waals surface area contributed by atoms with Crippen LogP contribution in [-0.4, -0.2) is 46.9 Å². The van der Waals surface area contributed by atoms with Gasteiger partial charge < -0.3 is 24.8 Å². The molecule has 0 aromatic heterocycles. The number of hydrogen-bond donors (Lipinski definition) is 3. The molecule has 0 spiro atoms. The minimum absolute atomic E-state index is 0.212. The van der Waals surface area contributed by atoms with Gasteiger partial charge in [0.25, 0.3) is 0 Å². The Morgan fingerprint density at radius 3 is 2.94 bits per heavy atom. The summed E-state index contributed by atoms with van der Waals surface area (Å²) < 4.78 is 9.49. The molecule has 3 N–H and O–H groups in total. The maximum Gasteiger partial charge on any atom is 0.337 e. The maximum absolute atomic E-state index is 11.5. The average Bonchev–Trinajstić information content (AvgIpc) is 2.69. The molecular formula is C11H14O6.